The molecule has 6 nitrogen and oxygen atoms in total. The Hall–Kier alpha value is -2.79. The first-order valence-electron chi connectivity index (χ1n) is 9.12. The number of aromatic nitrogens is 4. The molecule has 4 rings (SSSR count). The number of rotatable bonds is 6. The van der Waals surface area contributed by atoms with E-state index in [0.717, 1.165) is 21.6 Å². The van der Waals surface area contributed by atoms with Crippen LogP contribution in [0.15, 0.2) is 53.7 Å². The van der Waals surface area contributed by atoms with Crippen LogP contribution in [0.4, 0.5) is 24.0 Å². The maximum absolute atomic E-state index is 12.7. The molecule has 0 spiro atoms. The molecule has 0 aliphatic rings. The summed E-state index contributed by atoms with van der Waals surface area (Å²) >= 11 is 4.72. The summed E-state index contributed by atoms with van der Waals surface area (Å²) in [5.74, 6) is -0.211. The zero-order valence-electron chi connectivity index (χ0n) is 16.0. The van der Waals surface area contributed by atoms with Crippen LogP contribution in [0.25, 0.3) is 5.65 Å². The van der Waals surface area contributed by atoms with Gasteiger partial charge in [-0.15, -0.1) is 11.3 Å². The first-order chi connectivity index (χ1) is 14.7. The van der Waals surface area contributed by atoms with Crippen LogP contribution < -0.4 is 5.32 Å². The number of thiazole rings is 1. The van der Waals surface area contributed by atoms with Crippen molar-refractivity contribution in [3.05, 3.63) is 69.8 Å². The molecular formula is C20H15BrF3N5OS. The van der Waals surface area contributed by atoms with Gasteiger partial charge in [-0.2, -0.15) is 13.2 Å². The Morgan fingerprint density at radius 3 is 2.61 bits per heavy atom. The van der Waals surface area contributed by atoms with Crippen molar-refractivity contribution in [3.63, 3.8) is 0 Å². The highest BCUT2D eigenvalue weighted by Gasteiger charge is 2.30. The number of benzene rings is 1. The van der Waals surface area contributed by atoms with Crippen molar-refractivity contribution < 1.29 is 18.0 Å². The first-order valence-corrected chi connectivity index (χ1v) is 10.7. The summed E-state index contributed by atoms with van der Waals surface area (Å²) < 4.78 is 40.5. The third-order valence-electron chi connectivity index (χ3n) is 4.60. The van der Waals surface area contributed by atoms with Crippen LogP contribution in [0.2, 0.25) is 0 Å². The molecule has 3 heterocycles. The Labute approximate surface area is 187 Å². The molecule has 160 valence electrons. The molecule has 0 saturated carbocycles. The molecule has 0 aliphatic carbocycles. The minimum absolute atomic E-state index is 0.100. The lowest BCUT2D eigenvalue weighted by Gasteiger charge is -2.08. The number of anilines is 2. The number of fused-ring (bicyclic) bond motifs is 1. The Balaban J connectivity index is 1.42. The second-order valence-corrected chi connectivity index (χ2v) is 8.75. The van der Waals surface area contributed by atoms with E-state index in [0.29, 0.717) is 22.2 Å². The third kappa shape index (κ3) is 4.77. The van der Waals surface area contributed by atoms with Crippen LogP contribution in [0.1, 0.15) is 40.2 Å². The van der Waals surface area contributed by atoms with E-state index in [-0.39, 0.29) is 18.1 Å². The number of alkyl halides is 3. The van der Waals surface area contributed by atoms with Gasteiger partial charge in [-0.25, -0.2) is 15.0 Å². The summed E-state index contributed by atoms with van der Waals surface area (Å²) in [5, 5.41) is 3.53. The topological polar surface area (TPSA) is 72.2 Å². The molecule has 0 saturated heterocycles. The average molecular weight is 510 g/mol. The average Bonchev–Trinajstić information content (AvgIpc) is 3.34. The van der Waals surface area contributed by atoms with Crippen molar-refractivity contribution >= 4 is 49.5 Å². The number of hydrogen-bond acceptors (Lipinski definition) is 6. The zero-order valence-corrected chi connectivity index (χ0v) is 18.4. The predicted octanol–water partition coefficient (Wildman–Crippen LogP) is 6.09. The second-order valence-electron chi connectivity index (χ2n) is 6.88. The van der Waals surface area contributed by atoms with E-state index in [1.165, 1.54) is 23.5 Å². The van der Waals surface area contributed by atoms with Gasteiger partial charge in [0, 0.05) is 29.4 Å². The van der Waals surface area contributed by atoms with Crippen LogP contribution >= 0.6 is 27.3 Å². The quantitative estimate of drug-likeness (QED) is 0.318. The van der Waals surface area contributed by atoms with Crippen molar-refractivity contribution in [2.75, 3.05) is 5.32 Å². The molecule has 0 radical (unpaired) electrons. The Morgan fingerprint density at radius 1 is 1.16 bits per heavy atom. The van der Waals surface area contributed by atoms with E-state index in [1.54, 1.807) is 29.2 Å². The van der Waals surface area contributed by atoms with Gasteiger partial charge in [0.25, 0.3) is 0 Å². The van der Waals surface area contributed by atoms with Gasteiger partial charge in [0.15, 0.2) is 16.6 Å². The van der Waals surface area contributed by atoms with Gasteiger partial charge in [-0.1, -0.05) is 6.92 Å². The number of hydrogen-bond donors (Lipinski definition) is 1. The predicted molar refractivity (Wildman–Crippen MR) is 115 cm³/mol. The van der Waals surface area contributed by atoms with Crippen LogP contribution in [0, 0.1) is 0 Å². The fraction of sp³-hybridized carbons (Fsp3) is 0.200. The number of nitrogens with one attached hydrogen (secondary N) is 1. The number of carbonyl (C=O) groups excluding carboxylic acids is 1. The van der Waals surface area contributed by atoms with Gasteiger partial charge in [0.1, 0.15) is 10.3 Å². The van der Waals surface area contributed by atoms with Gasteiger partial charge in [0.05, 0.1) is 18.0 Å². The molecular weight excluding hydrogens is 495 g/mol. The minimum atomic E-state index is -4.37. The Morgan fingerprint density at radius 2 is 1.90 bits per heavy atom. The summed E-state index contributed by atoms with van der Waals surface area (Å²) in [6.45, 7) is 1.92. The maximum Gasteiger partial charge on any atom is 0.416 e. The van der Waals surface area contributed by atoms with E-state index in [9.17, 15) is 18.0 Å². The fourth-order valence-electron chi connectivity index (χ4n) is 2.92. The smallest absolute Gasteiger partial charge is 0.332 e. The fourth-order valence-corrected chi connectivity index (χ4v) is 4.20. The molecule has 0 amide bonds. The monoisotopic (exact) mass is 509 g/mol. The molecule has 31 heavy (non-hydrogen) atoms. The normalized spacial score (nSPS) is 12.8. The maximum atomic E-state index is 12.7. The summed E-state index contributed by atoms with van der Waals surface area (Å²) in [6.07, 6.45) is 2.36. The van der Waals surface area contributed by atoms with Gasteiger partial charge >= 0.3 is 6.18 Å². The lowest BCUT2D eigenvalue weighted by molar-refractivity contribution is -0.137. The largest absolute Gasteiger partial charge is 0.416 e. The SMILES string of the molecule is CC(CC(=O)c1cn2c(Br)cnc2cn1)c1cnc(Nc2ccc(C(F)(F)F)cc2)s1. The first kappa shape index (κ1) is 21.4. The summed E-state index contributed by atoms with van der Waals surface area (Å²) in [4.78, 5) is 26.2. The Bertz CT molecular complexity index is 1240. The zero-order chi connectivity index (χ0) is 22.2. The van der Waals surface area contributed by atoms with Crippen molar-refractivity contribution in [1.82, 2.24) is 19.4 Å². The second kappa shape index (κ2) is 8.39. The van der Waals surface area contributed by atoms with E-state index >= 15 is 0 Å². The highest BCUT2D eigenvalue weighted by molar-refractivity contribution is 9.10. The molecule has 11 heteroatoms. The summed E-state index contributed by atoms with van der Waals surface area (Å²) in [7, 11) is 0. The highest BCUT2D eigenvalue weighted by Crippen LogP contribution is 2.33. The van der Waals surface area contributed by atoms with Gasteiger partial charge in [0.2, 0.25) is 0 Å². The van der Waals surface area contributed by atoms with E-state index in [1.807, 2.05) is 6.92 Å². The highest BCUT2D eigenvalue weighted by atomic mass is 79.9. The number of imidazole rings is 1. The molecule has 3 aromatic heterocycles. The minimum Gasteiger partial charge on any atom is -0.332 e. The lowest BCUT2D eigenvalue weighted by Crippen LogP contribution is -2.07. The lowest BCUT2D eigenvalue weighted by atomic mass is 10.0. The van der Waals surface area contributed by atoms with Crippen LogP contribution in [0.3, 0.4) is 0 Å². The van der Waals surface area contributed by atoms with Gasteiger partial charge in [-0.05, 0) is 46.1 Å². The van der Waals surface area contributed by atoms with E-state index in [4.69, 9.17) is 0 Å². The van der Waals surface area contributed by atoms with Crippen molar-refractivity contribution in [3.8, 4) is 0 Å². The molecule has 1 N–H and O–H groups in total. The van der Waals surface area contributed by atoms with Crippen molar-refractivity contribution in [1.29, 1.82) is 0 Å². The molecule has 1 aromatic carbocycles. The molecule has 1 atom stereocenters. The summed E-state index contributed by atoms with van der Waals surface area (Å²) in [5.41, 5.74) is 0.768. The third-order valence-corrected chi connectivity index (χ3v) is 6.33. The summed E-state index contributed by atoms with van der Waals surface area (Å²) in [6, 6.07) is 4.74. The van der Waals surface area contributed by atoms with Crippen molar-refractivity contribution in [2.24, 2.45) is 0 Å². The van der Waals surface area contributed by atoms with E-state index in [2.05, 4.69) is 36.2 Å². The Kier molecular flexibility index (Phi) is 5.80. The number of Topliss-reactive ketones (excluding diaryl/α,β-unsaturated/α-hetero) is 1. The van der Waals surface area contributed by atoms with Gasteiger partial charge in [-0.3, -0.25) is 9.20 Å². The number of halogens is 4. The van der Waals surface area contributed by atoms with Crippen LogP contribution in [-0.2, 0) is 6.18 Å². The number of ketones is 1. The number of carbonyl (C=O) groups is 1. The molecule has 0 bridgehead atoms. The molecule has 0 aliphatic heterocycles. The van der Waals surface area contributed by atoms with E-state index < -0.39 is 11.7 Å². The molecule has 1 unspecified atom stereocenters. The van der Waals surface area contributed by atoms with Crippen molar-refractivity contribution in [2.45, 2.75) is 25.4 Å². The van der Waals surface area contributed by atoms with Gasteiger partial charge < -0.3 is 5.32 Å². The standard InChI is InChI=1S/C20H15BrF3N5OS/c1-11(6-15(30)14-10-29-17(21)8-26-18(29)9-25-14)16-7-27-19(31-16)28-13-4-2-12(3-5-13)20(22,23)24/h2-5,7-11H,6H2,1H3,(H,27,28). The molecule has 0 fully saturated rings. The molecule has 4 aromatic rings. The number of nitrogens with zero attached hydrogens (tertiary/aromatic N) is 4. The van der Waals surface area contributed by atoms with Crippen LogP contribution in [0.5, 0.6) is 0 Å². The van der Waals surface area contributed by atoms with Crippen LogP contribution in [-0.4, -0.2) is 25.1 Å².